The van der Waals surface area contributed by atoms with Gasteiger partial charge in [-0.3, -0.25) is 4.57 Å². The normalized spacial score (nSPS) is 11.8. The van der Waals surface area contributed by atoms with Crippen molar-refractivity contribution in [3.8, 4) is 11.4 Å². The zero-order chi connectivity index (χ0) is 15.0. The number of ether oxygens (including phenoxy) is 1. The molecule has 0 spiro atoms. The molecule has 0 saturated carbocycles. The van der Waals surface area contributed by atoms with Crippen LogP contribution in [0, 0.1) is 0 Å². The fraction of sp³-hybridized carbons (Fsp3) is 0.133. The first-order valence-corrected chi connectivity index (χ1v) is 6.20. The van der Waals surface area contributed by atoms with E-state index in [-0.39, 0.29) is 0 Å². The topological polar surface area (TPSA) is 27.1 Å². The number of alkyl halides is 3. The monoisotopic (exact) mass is 292 g/mol. The minimum atomic E-state index is -4.53. The van der Waals surface area contributed by atoms with Crippen LogP contribution in [0.15, 0.2) is 48.5 Å². The van der Waals surface area contributed by atoms with Gasteiger partial charge < -0.3 is 4.74 Å². The van der Waals surface area contributed by atoms with Crippen LogP contribution in [0.3, 0.4) is 0 Å². The molecule has 0 unspecified atom stereocenters. The van der Waals surface area contributed by atoms with E-state index in [0.717, 1.165) is 4.57 Å². The Morgan fingerprint density at radius 1 is 1.00 bits per heavy atom. The molecule has 0 fully saturated rings. The van der Waals surface area contributed by atoms with Gasteiger partial charge in [0.15, 0.2) is 0 Å². The van der Waals surface area contributed by atoms with E-state index in [2.05, 4.69) is 4.98 Å². The average Bonchev–Trinajstić information content (AvgIpc) is 2.87. The predicted octanol–water partition coefficient (Wildman–Crippen LogP) is 4.05. The molecule has 0 aliphatic heterocycles. The molecule has 3 aromatic rings. The van der Waals surface area contributed by atoms with Crippen molar-refractivity contribution in [3.05, 3.63) is 54.4 Å². The minimum Gasteiger partial charge on any atom is -0.497 e. The summed E-state index contributed by atoms with van der Waals surface area (Å²) in [6.45, 7) is 0. The minimum absolute atomic E-state index is 0.306. The van der Waals surface area contributed by atoms with Gasteiger partial charge in [0, 0.05) is 5.69 Å². The first-order chi connectivity index (χ1) is 10.0. The molecular weight excluding hydrogens is 281 g/mol. The number of rotatable bonds is 2. The fourth-order valence-electron chi connectivity index (χ4n) is 2.21. The molecule has 0 bridgehead atoms. The Morgan fingerprint density at radius 2 is 1.67 bits per heavy atom. The van der Waals surface area contributed by atoms with Crippen molar-refractivity contribution < 1.29 is 17.9 Å². The molecular formula is C15H11F3N2O. The van der Waals surface area contributed by atoms with Crippen LogP contribution in [0.2, 0.25) is 0 Å². The van der Waals surface area contributed by atoms with E-state index in [1.54, 1.807) is 48.5 Å². The van der Waals surface area contributed by atoms with Crippen LogP contribution in [0.5, 0.6) is 5.75 Å². The Balaban J connectivity index is 2.28. The van der Waals surface area contributed by atoms with Crippen LogP contribution in [-0.2, 0) is 6.18 Å². The van der Waals surface area contributed by atoms with Gasteiger partial charge in [-0.1, -0.05) is 12.1 Å². The summed E-state index contributed by atoms with van der Waals surface area (Å²) in [6.07, 6.45) is -4.53. The zero-order valence-electron chi connectivity index (χ0n) is 11.1. The number of aromatic nitrogens is 2. The SMILES string of the molecule is COc1ccc(-n2c(C(F)(F)F)nc3ccccc32)cc1. The molecule has 2 aromatic carbocycles. The zero-order valence-corrected chi connectivity index (χ0v) is 11.1. The van der Waals surface area contributed by atoms with E-state index in [9.17, 15) is 13.2 Å². The second kappa shape index (κ2) is 4.80. The third kappa shape index (κ3) is 2.33. The van der Waals surface area contributed by atoms with Crippen molar-refractivity contribution >= 4 is 11.0 Å². The number of methoxy groups -OCH3 is 1. The summed E-state index contributed by atoms with van der Waals surface area (Å²) in [6, 6.07) is 12.9. The standard InChI is InChI=1S/C15H11F3N2O/c1-21-11-8-6-10(7-9-11)20-13-5-3-2-4-12(13)19-14(20)15(16,17)18/h2-9H,1H3. The number of hydrogen-bond acceptors (Lipinski definition) is 2. The Morgan fingerprint density at radius 3 is 2.29 bits per heavy atom. The smallest absolute Gasteiger partial charge is 0.450 e. The van der Waals surface area contributed by atoms with Gasteiger partial charge in [-0.05, 0) is 36.4 Å². The van der Waals surface area contributed by atoms with Gasteiger partial charge in [0.25, 0.3) is 0 Å². The van der Waals surface area contributed by atoms with Gasteiger partial charge in [-0.2, -0.15) is 13.2 Å². The van der Waals surface area contributed by atoms with E-state index >= 15 is 0 Å². The summed E-state index contributed by atoms with van der Waals surface area (Å²) in [5.74, 6) is -0.356. The highest BCUT2D eigenvalue weighted by Crippen LogP contribution is 2.34. The molecule has 3 nitrogen and oxygen atoms in total. The number of benzene rings is 2. The number of imidazole rings is 1. The number of hydrogen-bond donors (Lipinski definition) is 0. The Bertz CT molecular complexity index is 776. The van der Waals surface area contributed by atoms with Gasteiger partial charge in [0.2, 0.25) is 5.82 Å². The molecule has 6 heteroatoms. The molecule has 0 atom stereocenters. The lowest BCUT2D eigenvalue weighted by molar-refractivity contribution is -0.145. The van der Waals surface area contributed by atoms with Gasteiger partial charge in [-0.15, -0.1) is 0 Å². The van der Waals surface area contributed by atoms with Gasteiger partial charge in [-0.25, -0.2) is 4.98 Å². The number of fused-ring (bicyclic) bond motifs is 1. The van der Waals surface area contributed by atoms with Gasteiger partial charge in [0.05, 0.1) is 18.1 Å². The molecule has 1 heterocycles. The van der Waals surface area contributed by atoms with Crippen molar-refractivity contribution in [2.75, 3.05) is 7.11 Å². The molecule has 0 amide bonds. The van der Waals surface area contributed by atoms with Crippen LogP contribution < -0.4 is 4.74 Å². The third-order valence-electron chi connectivity index (χ3n) is 3.14. The fourth-order valence-corrected chi connectivity index (χ4v) is 2.21. The molecule has 0 N–H and O–H groups in total. The van der Waals surface area contributed by atoms with Crippen LogP contribution in [0.4, 0.5) is 13.2 Å². The van der Waals surface area contributed by atoms with Gasteiger partial charge in [0.1, 0.15) is 5.75 Å². The van der Waals surface area contributed by atoms with E-state index in [0.29, 0.717) is 22.5 Å². The highest BCUT2D eigenvalue weighted by molar-refractivity contribution is 5.78. The maximum absolute atomic E-state index is 13.2. The highest BCUT2D eigenvalue weighted by Gasteiger charge is 2.38. The van der Waals surface area contributed by atoms with Crippen molar-refractivity contribution in [2.45, 2.75) is 6.18 Å². The van der Waals surface area contributed by atoms with Crippen LogP contribution in [0.1, 0.15) is 5.82 Å². The Kier molecular flexibility index (Phi) is 3.08. The first kappa shape index (κ1) is 13.5. The molecule has 21 heavy (non-hydrogen) atoms. The molecule has 0 saturated heterocycles. The van der Waals surface area contributed by atoms with Crippen LogP contribution >= 0.6 is 0 Å². The van der Waals surface area contributed by atoms with Crippen molar-refractivity contribution in [3.63, 3.8) is 0 Å². The second-order valence-electron chi connectivity index (χ2n) is 4.46. The van der Waals surface area contributed by atoms with Crippen LogP contribution in [-0.4, -0.2) is 16.7 Å². The third-order valence-corrected chi connectivity index (χ3v) is 3.14. The van der Waals surface area contributed by atoms with E-state index in [4.69, 9.17) is 4.74 Å². The quantitative estimate of drug-likeness (QED) is 0.712. The van der Waals surface area contributed by atoms with E-state index in [1.807, 2.05) is 0 Å². The number of para-hydroxylation sites is 2. The molecule has 0 radical (unpaired) electrons. The lowest BCUT2D eigenvalue weighted by Crippen LogP contribution is -2.13. The Labute approximate surface area is 118 Å². The summed E-state index contributed by atoms with van der Waals surface area (Å²) in [7, 11) is 1.50. The molecule has 108 valence electrons. The first-order valence-electron chi connectivity index (χ1n) is 6.20. The van der Waals surface area contributed by atoms with Crippen LogP contribution in [0.25, 0.3) is 16.7 Å². The van der Waals surface area contributed by atoms with E-state index in [1.165, 1.54) is 7.11 Å². The predicted molar refractivity (Wildman–Crippen MR) is 72.6 cm³/mol. The number of halogens is 3. The van der Waals surface area contributed by atoms with Crippen molar-refractivity contribution in [1.29, 1.82) is 0 Å². The molecule has 3 rings (SSSR count). The molecule has 0 aliphatic carbocycles. The lowest BCUT2D eigenvalue weighted by atomic mass is 10.2. The largest absolute Gasteiger partial charge is 0.497 e. The maximum atomic E-state index is 13.2. The summed E-state index contributed by atoms with van der Waals surface area (Å²) in [5.41, 5.74) is 1.10. The van der Waals surface area contributed by atoms with E-state index < -0.39 is 12.0 Å². The highest BCUT2D eigenvalue weighted by atomic mass is 19.4. The summed E-state index contributed by atoms with van der Waals surface area (Å²) < 4.78 is 45.8. The molecule has 1 aromatic heterocycles. The number of nitrogens with zero attached hydrogens (tertiary/aromatic N) is 2. The maximum Gasteiger partial charge on any atom is 0.450 e. The van der Waals surface area contributed by atoms with Crippen molar-refractivity contribution in [2.24, 2.45) is 0 Å². The summed E-state index contributed by atoms with van der Waals surface area (Å²) in [4.78, 5) is 3.71. The lowest BCUT2D eigenvalue weighted by Gasteiger charge is -2.12. The Hall–Kier alpha value is -2.50. The van der Waals surface area contributed by atoms with Crippen molar-refractivity contribution in [1.82, 2.24) is 9.55 Å². The second-order valence-corrected chi connectivity index (χ2v) is 4.46. The summed E-state index contributed by atoms with van der Waals surface area (Å²) >= 11 is 0. The molecule has 0 aliphatic rings. The average molecular weight is 292 g/mol. The summed E-state index contributed by atoms with van der Waals surface area (Å²) in [5, 5.41) is 0. The van der Waals surface area contributed by atoms with Gasteiger partial charge >= 0.3 is 6.18 Å².